The van der Waals surface area contributed by atoms with E-state index in [1.54, 1.807) is 12.4 Å². The number of benzene rings is 2. The Hall–Kier alpha value is -3.74. The van der Waals surface area contributed by atoms with Crippen LogP contribution >= 0.6 is 0 Å². The molecule has 0 radical (unpaired) electrons. The van der Waals surface area contributed by atoms with Gasteiger partial charge in [0.2, 0.25) is 17.7 Å². The van der Waals surface area contributed by atoms with E-state index in [2.05, 4.69) is 45.9 Å². The van der Waals surface area contributed by atoms with Gasteiger partial charge in [-0.2, -0.15) is 0 Å². The Morgan fingerprint density at radius 1 is 0.972 bits per heavy atom. The van der Waals surface area contributed by atoms with Crippen LogP contribution in [0.5, 0.6) is 0 Å². The Morgan fingerprint density at radius 2 is 1.78 bits per heavy atom. The number of aromatic nitrogens is 1. The summed E-state index contributed by atoms with van der Waals surface area (Å²) in [5.74, 6) is 0.122. The summed E-state index contributed by atoms with van der Waals surface area (Å²) in [6.45, 7) is 0.953. The molecule has 0 aliphatic carbocycles. The Labute approximate surface area is 211 Å². The van der Waals surface area contributed by atoms with E-state index < -0.39 is 5.54 Å². The lowest BCUT2D eigenvalue weighted by molar-refractivity contribution is -0.133. The van der Waals surface area contributed by atoms with Gasteiger partial charge in [-0.1, -0.05) is 42.5 Å². The van der Waals surface area contributed by atoms with Gasteiger partial charge in [0.25, 0.3) is 0 Å². The Kier molecular flexibility index (Phi) is 6.98. The normalized spacial score (nSPS) is 21.4. The lowest BCUT2D eigenvalue weighted by Crippen LogP contribution is -2.46. The number of hydrogen-bond donors (Lipinski definition) is 2. The maximum atomic E-state index is 13.5. The van der Waals surface area contributed by atoms with Crippen LogP contribution < -0.4 is 10.6 Å². The van der Waals surface area contributed by atoms with Crippen LogP contribution in [0.3, 0.4) is 0 Å². The van der Waals surface area contributed by atoms with Crippen molar-refractivity contribution in [2.45, 2.75) is 63.1 Å². The maximum absolute atomic E-state index is 13.5. The minimum atomic E-state index is -0.431. The number of nitrogens with zero attached hydrogens (tertiary/aromatic N) is 2. The second kappa shape index (κ2) is 10.5. The van der Waals surface area contributed by atoms with Crippen molar-refractivity contribution in [2.75, 3.05) is 6.54 Å². The van der Waals surface area contributed by atoms with E-state index in [1.807, 2.05) is 29.2 Å². The van der Waals surface area contributed by atoms with Crippen LogP contribution in [0.4, 0.5) is 0 Å². The minimum absolute atomic E-state index is 0.0268. The number of amides is 3. The molecule has 3 aromatic rings. The highest BCUT2D eigenvalue weighted by Gasteiger charge is 2.38. The molecule has 2 aromatic carbocycles. The average Bonchev–Trinajstić information content (AvgIpc) is 3.47. The van der Waals surface area contributed by atoms with Crippen molar-refractivity contribution in [3.05, 3.63) is 78.1 Å². The molecule has 2 fully saturated rings. The quantitative estimate of drug-likeness (QED) is 0.486. The predicted octanol–water partition coefficient (Wildman–Crippen LogP) is 3.51. The van der Waals surface area contributed by atoms with E-state index in [1.165, 1.54) is 10.8 Å². The highest BCUT2D eigenvalue weighted by Crippen LogP contribution is 2.31. The van der Waals surface area contributed by atoms with Crippen LogP contribution in [0.25, 0.3) is 10.8 Å². The lowest BCUT2D eigenvalue weighted by atomic mass is 9.84. The molecular weight excluding hydrogens is 452 g/mol. The second-order valence-corrected chi connectivity index (χ2v) is 10.1. The number of fused-ring (bicyclic) bond motifs is 1. The molecule has 5 rings (SSSR count). The van der Waals surface area contributed by atoms with Gasteiger partial charge in [0.05, 0.1) is 0 Å². The summed E-state index contributed by atoms with van der Waals surface area (Å²) in [6.07, 6.45) is 7.49. The average molecular weight is 485 g/mol. The first-order chi connectivity index (χ1) is 17.5. The van der Waals surface area contributed by atoms with Crippen molar-refractivity contribution in [1.29, 1.82) is 0 Å². The SMILES string of the molecule is O=C1CC[C@@H](CN(Cc2ccncc2)C(=O)CCC2(Cc3ccc4ccccc4c3)CCC(=O)N2)N1. The number of hydrogen-bond acceptors (Lipinski definition) is 4. The zero-order chi connectivity index (χ0) is 25.0. The van der Waals surface area contributed by atoms with Crippen molar-refractivity contribution in [2.24, 2.45) is 0 Å². The smallest absolute Gasteiger partial charge is 0.223 e. The predicted molar refractivity (Wildman–Crippen MR) is 138 cm³/mol. The Bertz CT molecular complexity index is 1260. The Morgan fingerprint density at radius 3 is 2.50 bits per heavy atom. The molecule has 7 heteroatoms. The van der Waals surface area contributed by atoms with E-state index in [0.717, 1.165) is 24.0 Å². The van der Waals surface area contributed by atoms with Gasteiger partial charge in [0, 0.05) is 56.3 Å². The third kappa shape index (κ3) is 5.73. The second-order valence-electron chi connectivity index (χ2n) is 10.1. The number of rotatable bonds is 9. The molecule has 2 saturated heterocycles. The van der Waals surface area contributed by atoms with Crippen molar-refractivity contribution in [3.63, 3.8) is 0 Å². The molecule has 0 saturated carbocycles. The summed E-state index contributed by atoms with van der Waals surface area (Å²) in [5.41, 5.74) is 1.73. The first kappa shape index (κ1) is 24.0. The van der Waals surface area contributed by atoms with Crippen molar-refractivity contribution in [1.82, 2.24) is 20.5 Å². The Balaban J connectivity index is 1.30. The van der Waals surface area contributed by atoms with Gasteiger partial charge in [-0.25, -0.2) is 0 Å². The molecule has 2 aliphatic heterocycles. The van der Waals surface area contributed by atoms with Gasteiger partial charge < -0.3 is 15.5 Å². The summed E-state index contributed by atoms with van der Waals surface area (Å²) in [5, 5.41) is 8.55. The molecular formula is C29H32N4O3. The number of nitrogens with one attached hydrogen (secondary N) is 2. The molecule has 1 aromatic heterocycles. The largest absolute Gasteiger partial charge is 0.352 e. The monoisotopic (exact) mass is 484 g/mol. The first-order valence-electron chi connectivity index (χ1n) is 12.7. The summed E-state index contributed by atoms with van der Waals surface area (Å²) in [6, 6.07) is 18.5. The third-order valence-corrected chi connectivity index (χ3v) is 7.41. The maximum Gasteiger partial charge on any atom is 0.223 e. The van der Waals surface area contributed by atoms with Gasteiger partial charge >= 0.3 is 0 Å². The zero-order valence-corrected chi connectivity index (χ0v) is 20.4. The van der Waals surface area contributed by atoms with Gasteiger partial charge in [-0.05, 0) is 59.7 Å². The van der Waals surface area contributed by atoms with Crippen LogP contribution in [0.2, 0.25) is 0 Å². The van der Waals surface area contributed by atoms with Crippen LogP contribution in [-0.2, 0) is 27.3 Å². The van der Waals surface area contributed by atoms with Gasteiger partial charge in [-0.15, -0.1) is 0 Å². The van der Waals surface area contributed by atoms with E-state index >= 15 is 0 Å². The van der Waals surface area contributed by atoms with Crippen LogP contribution in [-0.4, -0.2) is 45.7 Å². The summed E-state index contributed by atoms with van der Waals surface area (Å²) < 4.78 is 0. The molecule has 2 atom stereocenters. The van der Waals surface area contributed by atoms with E-state index in [0.29, 0.717) is 45.2 Å². The van der Waals surface area contributed by atoms with Crippen LogP contribution in [0, 0.1) is 0 Å². The van der Waals surface area contributed by atoms with Crippen molar-refractivity contribution in [3.8, 4) is 0 Å². The number of pyridine rings is 1. The fourth-order valence-corrected chi connectivity index (χ4v) is 5.47. The van der Waals surface area contributed by atoms with Gasteiger partial charge in [-0.3, -0.25) is 19.4 Å². The number of carbonyl (C=O) groups is 3. The molecule has 2 N–H and O–H groups in total. The molecule has 3 heterocycles. The topological polar surface area (TPSA) is 91.4 Å². The van der Waals surface area contributed by atoms with Gasteiger partial charge in [0.15, 0.2) is 0 Å². The van der Waals surface area contributed by atoms with E-state index in [4.69, 9.17) is 0 Å². The fourth-order valence-electron chi connectivity index (χ4n) is 5.47. The summed E-state index contributed by atoms with van der Waals surface area (Å²) in [4.78, 5) is 43.4. The van der Waals surface area contributed by atoms with Crippen molar-refractivity contribution < 1.29 is 14.4 Å². The third-order valence-electron chi connectivity index (χ3n) is 7.41. The molecule has 0 spiro atoms. The molecule has 36 heavy (non-hydrogen) atoms. The standard InChI is InChI=1S/C29H32N4O3/c34-26-8-7-25(31-26)20-33(19-21-11-15-30-16-12-21)28(36)10-14-29(13-9-27(35)32-29)18-22-5-6-23-3-1-2-4-24(23)17-22/h1-6,11-12,15-17,25H,7-10,13-14,18-20H2,(H,31,34)(H,32,35)/t25-,29?/m0/s1. The van der Waals surface area contributed by atoms with E-state index in [-0.39, 0.29) is 23.8 Å². The van der Waals surface area contributed by atoms with Crippen molar-refractivity contribution >= 4 is 28.5 Å². The molecule has 3 amide bonds. The molecule has 2 aliphatic rings. The summed E-state index contributed by atoms with van der Waals surface area (Å²) in [7, 11) is 0. The van der Waals surface area contributed by atoms with Crippen LogP contribution in [0.15, 0.2) is 67.0 Å². The minimum Gasteiger partial charge on any atom is -0.352 e. The number of carbonyl (C=O) groups excluding carboxylic acids is 3. The highest BCUT2D eigenvalue weighted by molar-refractivity contribution is 5.83. The van der Waals surface area contributed by atoms with Gasteiger partial charge in [0.1, 0.15) is 0 Å². The molecule has 0 bridgehead atoms. The highest BCUT2D eigenvalue weighted by atomic mass is 16.2. The molecule has 7 nitrogen and oxygen atoms in total. The molecule has 186 valence electrons. The fraction of sp³-hybridized carbons (Fsp3) is 0.379. The first-order valence-corrected chi connectivity index (χ1v) is 12.7. The van der Waals surface area contributed by atoms with Crippen LogP contribution in [0.1, 0.15) is 49.7 Å². The summed E-state index contributed by atoms with van der Waals surface area (Å²) >= 11 is 0. The van der Waals surface area contributed by atoms with E-state index in [9.17, 15) is 14.4 Å². The lowest BCUT2D eigenvalue weighted by Gasteiger charge is -2.31. The molecule has 1 unspecified atom stereocenters. The zero-order valence-electron chi connectivity index (χ0n) is 20.4.